The van der Waals surface area contributed by atoms with Crippen molar-refractivity contribution in [1.82, 2.24) is 9.88 Å². The molecule has 2 heterocycles. The fraction of sp³-hybridized carbons (Fsp3) is 0.368. The van der Waals surface area contributed by atoms with Gasteiger partial charge in [0.1, 0.15) is 11.4 Å². The molecule has 5 nitrogen and oxygen atoms in total. The van der Waals surface area contributed by atoms with Crippen molar-refractivity contribution in [3.05, 3.63) is 47.2 Å². The van der Waals surface area contributed by atoms with Crippen molar-refractivity contribution in [3.63, 3.8) is 0 Å². The summed E-state index contributed by atoms with van der Waals surface area (Å²) in [6.45, 7) is 7.35. The van der Waals surface area contributed by atoms with Crippen molar-refractivity contribution in [2.45, 2.75) is 13.8 Å². The van der Waals surface area contributed by atoms with Crippen LogP contribution in [0, 0.1) is 13.8 Å². The predicted octanol–water partition coefficient (Wildman–Crippen LogP) is 2.82. The van der Waals surface area contributed by atoms with Crippen molar-refractivity contribution < 1.29 is 9.90 Å². The maximum Gasteiger partial charge on any atom is 0.340 e. The third-order valence-electron chi connectivity index (χ3n) is 4.51. The highest BCUT2D eigenvalue weighted by atomic mass is 16.4. The lowest BCUT2D eigenvalue weighted by Gasteiger charge is -2.34. The average Bonchev–Trinajstić information content (AvgIpc) is 2.55. The molecule has 1 aromatic carbocycles. The zero-order valence-corrected chi connectivity index (χ0v) is 14.4. The number of aromatic carboxylic acids is 1. The van der Waals surface area contributed by atoms with Crippen molar-refractivity contribution >= 4 is 11.8 Å². The van der Waals surface area contributed by atoms with Crippen LogP contribution in [-0.4, -0.2) is 54.2 Å². The van der Waals surface area contributed by atoms with Gasteiger partial charge in [0, 0.05) is 37.4 Å². The molecule has 0 bridgehead atoms. The third-order valence-corrected chi connectivity index (χ3v) is 4.51. The van der Waals surface area contributed by atoms with E-state index in [4.69, 9.17) is 0 Å². The lowest BCUT2D eigenvalue weighted by molar-refractivity contribution is 0.0698. The molecule has 0 atom stereocenters. The smallest absolute Gasteiger partial charge is 0.340 e. The SMILES string of the molecule is Cc1ccc(-c2cc(C)nc(N3CCN(C)CC3)c2C(=O)O)cc1. The normalized spacial score (nSPS) is 15.5. The minimum Gasteiger partial charge on any atom is -0.478 e. The second-order valence-corrected chi connectivity index (χ2v) is 6.47. The van der Waals surface area contributed by atoms with Crippen molar-refractivity contribution in [2.24, 2.45) is 0 Å². The molecule has 24 heavy (non-hydrogen) atoms. The van der Waals surface area contributed by atoms with Gasteiger partial charge in [0.15, 0.2) is 0 Å². The van der Waals surface area contributed by atoms with Crippen LogP contribution >= 0.6 is 0 Å². The van der Waals surface area contributed by atoms with Gasteiger partial charge in [-0.25, -0.2) is 9.78 Å². The average molecular weight is 325 g/mol. The molecular weight excluding hydrogens is 302 g/mol. The minimum atomic E-state index is -0.924. The molecule has 2 aromatic rings. The number of piperazine rings is 1. The van der Waals surface area contributed by atoms with Crippen LogP contribution in [0.5, 0.6) is 0 Å². The summed E-state index contributed by atoms with van der Waals surface area (Å²) in [7, 11) is 2.08. The number of carboxylic acid groups (broad SMARTS) is 1. The molecule has 5 heteroatoms. The van der Waals surface area contributed by atoms with Crippen LogP contribution in [0.4, 0.5) is 5.82 Å². The number of hydrogen-bond donors (Lipinski definition) is 1. The number of carboxylic acids is 1. The number of pyridine rings is 1. The van der Waals surface area contributed by atoms with E-state index in [2.05, 4.69) is 21.8 Å². The number of hydrogen-bond acceptors (Lipinski definition) is 4. The number of nitrogens with zero attached hydrogens (tertiary/aromatic N) is 3. The quantitative estimate of drug-likeness (QED) is 0.940. The van der Waals surface area contributed by atoms with Gasteiger partial charge < -0.3 is 14.9 Å². The molecule has 1 aliphatic rings. The zero-order chi connectivity index (χ0) is 17.3. The largest absolute Gasteiger partial charge is 0.478 e. The minimum absolute atomic E-state index is 0.300. The highest BCUT2D eigenvalue weighted by molar-refractivity contribution is 6.01. The Balaban J connectivity index is 2.12. The lowest BCUT2D eigenvalue weighted by atomic mass is 9.98. The van der Waals surface area contributed by atoms with E-state index in [9.17, 15) is 9.90 Å². The number of aryl methyl sites for hydroxylation is 2. The number of aromatic nitrogens is 1. The van der Waals surface area contributed by atoms with E-state index in [1.54, 1.807) is 0 Å². The summed E-state index contributed by atoms with van der Waals surface area (Å²) in [5.74, 6) is -0.335. The first-order valence-corrected chi connectivity index (χ1v) is 8.21. The van der Waals surface area contributed by atoms with Gasteiger partial charge in [0.25, 0.3) is 0 Å². The van der Waals surface area contributed by atoms with Gasteiger partial charge in [-0.1, -0.05) is 29.8 Å². The molecule has 1 aromatic heterocycles. The summed E-state index contributed by atoms with van der Waals surface area (Å²) in [4.78, 5) is 20.9. The van der Waals surface area contributed by atoms with E-state index < -0.39 is 5.97 Å². The standard InChI is InChI=1S/C19H23N3O2/c1-13-4-6-15(7-5-13)16-12-14(2)20-18(17(16)19(23)24)22-10-8-21(3)9-11-22/h4-7,12H,8-11H2,1-3H3,(H,23,24). The van der Waals surface area contributed by atoms with Crippen molar-refractivity contribution in [1.29, 1.82) is 0 Å². The highest BCUT2D eigenvalue weighted by Crippen LogP contribution is 2.31. The predicted molar refractivity (Wildman–Crippen MR) is 95.8 cm³/mol. The Morgan fingerprint density at radius 3 is 2.29 bits per heavy atom. The Kier molecular flexibility index (Phi) is 4.53. The fourth-order valence-electron chi connectivity index (χ4n) is 3.08. The van der Waals surface area contributed by atoms with Gasteiger partial charge in [-0.15, -0.1) is 0 Å². The molecule has 0 unspecified atom stereocenters. The van der Waals surface area contributed by atoms with Gasteiger partial charge in [-0.05, 0) is 32.5 Å². The summed E-state index contributed by atoms with van der Waals surface area (Å²) < 4.78 is 0. The maximum atomic E-state index is 12.0. The van der Waals surface area contributed by atoms with Gasteiger partial charge in [-0.3, -0.25) is 0 Å². The van der Waals surface area contributed by atoms with Gasteiger partial charge >= 0.3 is 5.97 Å². The van der Waals surface area contributed by atoms with Crippen LogP contribution < -0.4 is 4.90 Å². The highest BCUT2D eigenvalue weighted by Gasteiger charge is 2.25. The Hall–Kier alpha value is -2.40. The van der Waals surface area contributed by atoms with E-state index in [0.29, 0.717) is 11.4 Å². The van der Waals surface area contributed by atoms with Crippen LogP contribution in [-0.2, 0) is 0 Å². The van der Waals surface area contributed by atoms with Gasteiger partial charge in [0.05, 0.1) is 0 Å². The second-order valence-electron chi connectivity index (χ2n) is 6.47. The van der Waals surface area contributed by atoms with E-state index in [1.165, 1.54) is 0 Å². The summed E-state index contributed by atoms with van der Waals surface area (Å²) in [6.07, 6.45) is 0. The molecule has 126 valence electrons. The molecule has 1 saturated heterocycles. The number of likely N-dealkylation sites (N-methyl/N-ethyl adjacent to an activating group) is 1. The topological polar surface area (TPSA) is 56.7 Å². The molecule has 0 radical (unpaired) electrons. The maximum absolute atomic E-state index is 12.0. The number of anilines is 1. The van der Waals surface area contributed by atoms with Crippen LogP contribution in [0.25, 0.3) is 11.1 Å². The van der Waals surface area contributed by atoms with Crippen LogP contribution in [0.3, 0.4) is 0 Å². The second kappa shape index (κ2) is 6.61. The molecule has 1 N–H and O–H groups in total. The summed E-state index contributed by atoms with van der Waals surface area (Å²) in [5, 5.41) is 9.86. The van der Waals surface area contributed by atoms with Crippen LogP contribution in [0.2, 0.25) is 0 Å². The Morgan fingerprint density at radius 1 is 1.08 bits per heavy atom. The van der Waals surface area contributed by atoms with Crippen LogP contribution in [0.15, 0.2) is 30.3 Å². The first-order chi connectivity index (χ1) is 11.5. The molecule has 1 fully saturated rings. The third kappa shape index (κ3) is 3.26. The first-order valence-electron chi connectivity index (χ1n) is 8.21. The monoisotopic (exact) mass is 325 g/mol. The molecule has 0 amide bonds. The number of benzene rings is 1. The summed E-state index contributed by atoms with van der Waals surface area (Å²) >= 11 is 0. The van der Waals surface area contributed by atoms with E-state index in [1.807, 2.05) is 44.2 Å². The summed E-state index contributed by atoms with van der Waals surface area (Å²) in [5.41, 5.74) is 3.95. The molecule has 3 rings (SSSR count). The van der Waals surface area contributed by atoms with Crippen molar-refractivity contribution in [3.8, 4) is 11.1 Å². The fourth-order valence-corrected chi connectivity index (χ4v) is 3.08. The molecule has 1 aliphatic heterocycles. The van der Waals surface area contributed by atoms with Gasteiger partial charge in [0.2, 0.25) is 0 Å². The van der Waals surface area contributed by atoms with E-state index in [-0.39, 0.29) is 0 Å². The lowest BCUT2D eigenvalue weighted by Crippen LogP contribution is -2.45. The summed E-state index contributed by atoms with van der Waals surface area (Å²) in [6, 6.07) is 9.83. The zero-order valence-electron chi connectivity index (χ0n) is 14.4. The molecule has 0 spiro atoms. The Bertz CT molecular complexity index is 748. The number of carbonyl (C=O) groups is 1. The Morgan fingerprint density at radius 2 is 1.71 bits per heavy atom. The Labute approximate surface area is 142 Å². The molecule has 0 aliphatic carbocycles. The van der Waals surface area contributed by atoms with Crippen LogP contribution in [0.1, 0.15) is 21.6 Å². The molecular formula is C19H23N3O2. The first kappa shape index (κ1) is 16.5. The van der Waals surface area contributed by atoms with E-state index >= 15 is 0 Å². The number of rotatable bonds is 3. The van der Waals surface area contributed by atoms with Crippen molar-refractivity contribution in [2.75, 3.05) is 38.1 Å². The van der Waals surface area contributed by atoms with Gasteiger partial charge in [-0.2, -0.15) is 0 Å². The van der Waals surface area contributed by atoms with E-state index in [0.717, 1.165) is 48.6 Å². The molecule has 0 saturated carbocycles.